The maximum atomic E-state index is 5.57. The van der Waals surface area contributed by atoms with Crippen LogP contribution in [0.2, 0.25) is 0 Å². The second kappa shape index (κ2) is 8.98. The molecule has 2 fully saturated rings. The minimum Gasteiger partial charge on any atom is -0.381 e. The molecular weight excluding hydrogens is 410 g/mol. The van der Waals surface area contributed by atoms with Crippen LogP contribution in [0.5, 0.6) is 0 Å². The van der Waals surface area contributed by atoms with Crippen molar-refractivity contribution in [3.8, 4) is 0 Å². The molecule has 2 aliphatic rings. The van der Waals surface area contributed by atoms with Crippen molar-refractivity contribution in [3.05, 3.63) is 34.3 Å². The highest BCUT2D eigenvalue weighted by atomic mass is 79.9. The van der Waals surface area contributed by atoms with Crippen LogP contribution in [0.1, 0.15) is 38.2 Å². The van der Waals surface area contributed by atoms with Crippen molar-refractivity contribution in [1.29, 1.82) is 0 Å². The van der Waals surface area contributed by atoms with Crippen LogP contribution in [0.15, 0.2) is 33.7 Å². The van der Waals surface area contributed by atoms with Gasteiger partial charge in [0, 0.05) is 48.0 Å². The first kappa shape index (κ1) is 20.0. The number of hydrogen-bond donors (Lipinski definition) is 2. The van der Waals surface area contributed by atoms with E-state index in [4.69, 9.17) is 4.74 Å². The second-order valence-corrected chi connectivity index (χ2v) is 9.85. The molecule has 2 N–H and O–H groups in total. The number of nitrogens with zero attached hydrogens (tertiary/aromatic N) is 1. The molecule has 1 saturated carbocycles. The number of nitrogens with one attached hydrogen (secondary N) is 2. The molecule has 0 aromatic heterocycles. The lowest BCUT2D eigenvalue weighted by Gasteiger charge is -2.37. The molecule has 4 nitrogen and oxygen atoms in total. The van der Waals surface area contributed by atoms with Gasteiger partial charge < -0.3 is 15.4 Å². The highest BCUT2D eigenvalue weighted by Gasteiger charge is 2.45. The van der Waals surface area contributed by atoms with Crippen LogP contribution < -0.4 is 10.6 Å². The summed E-state index contributed by atoms with van der Waals surface area (Å²) in [5, 5.41) is 7.16. The number of benzene rings is 1. The SMILES string of the molecule is CCSC1(CNC(=NC)NCC2(c3ccccc3Br)CC2)CCOCC1. The molecular formula is C20H30BrN3OS. The first-order chi connectivity index (χ1) is 12.6. The molecule has 1 aliphatic carbocycles. The third-order valence-corrected chi connectivity index (χ3v) is 7.69. The van der Waals surface area contributed by atoms with Gasteiger partial charge in [-0.1, -0.05) is 41.1 Å². The number of aliphatic imine (C=N–C) groups is 1. The Labute approximate surface area is 170 Å². The van der Waals surface area contributed by atoms with Gasteiger partial charge in [0.2, 0.25) is 0 Å². The zero-order valence-corrected chi connectivity index (χ0v) is 18.2. The van der Waals surface area contributed by atoms with E-state index >= 15 is 0 Å². The minimum atomic E-state index is 0.242. The molecule has 1 aromatic carbocycles. The summed E-state index contributed by atoms with van der Waals surface area (Å²) in [7, 11) is 1.86. The van der Waals surface area contributed by atoms with Crippen LogP contribution in [-0.2, 0) is 10.2 Å². The Morgan fingerprint density at radius 2 is 1.85 bits per heavy atom. The molecule has 1 aliphatic heterocycles. The first-order valence-electron chi connectivity index (χ1n) is 9.54. The largest absolute Gasteiger partial charge is 0.381 e. The average Bonchev–Trinajstić information content (AvgIpc) is 3.44. The van der Waals surface area contributed by atoms with E-state index in [1.165, 1.54) is 22.9 Å². The van der Waals surface area contributed by atoms with Crippen LogP contribution in [0.3, 0.4) is 0 Å². The van der Waals surface area contributed by atoms with Gasteiger partial charge in [0.1, 0.15) is 0 Å². The average molecular weight is 440 g/mol. The summed E-state index contributed by atoms with van der Waals surface area (Å²) in [6.07, 6.45) is 4.67. The van der Waals surface area contributed by atoms with Crippen molar-refractivity contribution >= 4 is 33.7 Å². The zero-order valence-electron chi connectivity index (χ0n) is 15.8. The molecule has 26 heavy (non-hydrogen) atoms. The second-order valence-electron chi connectivity index (χ2n) is 7.27. The summed E-state index contributed by atoms with van der Waals surface area (Å²) in [5.41, 5.74) is 1.65. The Morgan fingerprint density at radius 1 is 1.15 bits per heavy atom. The van der Waals surface area contributed by atoms with Gasteiger partial charge in [0.05, 0.1) is 0 Å². The number of guanidine groups is 1. The number of thioether (sulfide) groups is 1. The molecule has 3 rings (SSSR count). The fourth-order valence-electron chi connectivity index (χ4n) is 3.72. The lowest BCUT2D eigenvalue weighted by atomic mass is 9.96. The summed E-state index contributed by atoms with van der Waals surface area (Å²) >= 11 is 5.77. The highest BCUT2D eigenvalue weighted by molar-refractivity contribution is 9.10. The molecule has 0 spiro atoms. The summed E-state index contributed by atoms with van der Waals surface area (Å²) < 4.78 is 7.05. The van der Waals surface area contributed by atoms with Gasteiger partial charge in [-0.3, -0.25) is 4.99 Å². The standard InChI is InChI=1S/C20H30BrN3OS/c1-3-26-20(10-12-25-13-11-20)15-24-18(22-2)23-14-19(8-9-19)16-6-4-5-7-17(16)21/h4-7H,3,8-15H2,1-2H3,(H2,22,23,24). The van der Waals surface area contributed by atoms with Crippen molar-refractivity contribution in [2.45, 2.75) is 42.8 Å². The fourth-order valence-corrected chi connectivity index (χ4v) is 5.67. The topological polar surface area (TPSA) is 45.7 Å². The van der Waals surface area contributed by atoms with E-state index in [9.17, 15) is 0 Å². The highest BCUT2D eigenvalue weighted by Crippen LogP contribution is 2.49. The van der Waals surface area contributed by atoms with Crippen molar-refractivity contribution in [2.75, 3.05) is 39.1 Å². The third-order valence-electron chi connectivity index (χ3n) is 5.55. The smallest absolute Gasteiger partial charge is 0.191 e. The lowest BCUT2D eigenvalue weighted by Crippen LogP contribution is -2.49. The van der Waals surface area contributed by atoms with Gasteiger partial charge >= 0.3 is 0 Å². The lowest BCUT2D eigenvalue weighted by molar-refractivity contribution is 0.0782. The van der Waals surface area contributed by atoms with Crippen molar-refractivity contribution in [2.24, 2.45) is 4.99 Å². The molecule has 0 atom stereocenters. The van der Waals surface area contributed by atoms with E-state index in [0.717, 1.165) is 50.9 Å². The van der Waals surface area contributed by atoms with Gasteiger partial charge in [-0.05, 0) is 43.1 Å². The summed E-state index contributed by atoms with van der Waals surface area (Å²) in [4.78, 5) is 4.45. The molecule has 0 unspecified atom stereocenters. The summed E-state index contributed by atoms with van der Waals surface area (Å²) in [6, 6.07) is 8.59. The van der Waals surface area contributed by atoms with Crippen molar-refractivity contribution in [3.63, 3.8) is 0 Å². The van der Waals surface area contributed by atoms with Crippen LogP contribution in [0, 0.1) is 0 Å². The molecule has 1 saturated heterocycles. The van der Waals surface area contributed by atoms with E-state index in [1.54, 1.807) is 0 Å². The maximum absolute atomic E-state index is 5.57. The van der Waals surface area contributed by atoms with Gasteiger partial charge in [-0.25, -0.2) is 0 Å². The molecule has 1 aromatic rings. The first-order valence-corrected chi connectivity index (χ1v) is 11.3. The quantitative estimate of drug-likeness (QED) is 0.498. The van der Waals surface area contributed by atoms with E-state index in [0.29, 0.717) is 0 Å². The van der Waals surface area contributed by atoms with Crippen molar-refractivity contribution < 1.29 is 4.74 Å². The van der Waals surface area contributed by atoms with E-state index < -0.39 is 0 Å². The molecule has 0 radical (unpaired) electrons. The Kier molecular flexibility index (Phi) is 6.92. The van der Waals surface area contributed by atoms with Gasteiger partial charge in [-0.2, -0.15) is 11.8 Å². The Hall–Kier alpha value is -0.720. The maximum Gasteiger partial charge on any atom is 0.191 e. The van der Waals surface area contributed by atoms with Gasteiger partial charge in [0.15, 0.2) is 5.96 Å². The normalized spacial score (nSPS) is 21.3. The Bertz CT molecular complexity index is 622. The monoisotopic (exact) mass is 439 g/mol. The predicted octanol–water partition coefficient (Wildman–Crippen LogP) is 3.95. The third kappa shape index (κ3) is 4.76. The predicted molar refractivity (Wildman–Crippen MR) is 115 cm³/mol. The van der Waals surface area contributed by atoms with Crippen molar-refractivity contribution in [1.82, 2.24) is 10.6 Å². The van der Waals surface area contributed by atoms with E-state index in [-0.39, 0.29) is 10.2 Å². The summed E-state index contributed by atoms with van der Waals surface area (Å²) in [5.74, 6) is 2.05. The molecule has 144 valence electrons. The van der Waals surface area contributed by atoms with E-state index in [2.05, 4.69) is 74.5 Å². The Morgan fingerprint density at radius 3 is 2.46 bits per heavy atom. The number of halogens is 1. The molecule has 0 bridgehead atoms. The molecule has 1 heterocycles. The number of ether oxygens (including phenoxy) is 1. The van der Waals surface area contributed by atoms with Crippen LogP contribution >= 0.6 is 27.7 Å². The molecule has 6 heteroatoms. The van der Waals surface area contributed by atoms with E-state index in [1.807, 2.05) is 7.05 Å². The fraction of sp³-hybridized carbons (Fsp3) is 0.650. The van der Waals surface area contributed by atoms with Crippen LogP contribution in [0.25, 0.3) is 0 Å². The Balaban J connectivity index is 1.56. The number of rotatable bonds is 7. The minimum absolute atomic E-state index is 0.242. The molecule has 0 amide bonds. The van der Waals surface area contributed by atoms with Crippen LogP contribution in [-0.4, -0.2) is 49.8 Å². The van der Waals surface area contributed by atoms with Gasteiger partial charge in [0.25, 0.3) is 0 Å². The van der Waals surface area contributed by atoms with Crippen LogP contribution in [0.4, 0.5) is 0 Å². The number of hydrogen-bond acceptors (Lipinski definition) is 3. The van der Waals surface area contributed by atoms with Gasteiger partial charge in [-0.15, -0.1) is 0 Å². The summed E-state index contributed by atoms with van der Waals surface area (Å²) in [6.45, 7) is 5.84. The zero-order chi connectivity index (χ0) is 18.5.